The first kappa shape index (κ1) is 8.74. The molecule has 0 aliphatic rings. The van der Waals surface area contributed by atoms with Crippen LogP contribution in [0.15, 0.2) is 30.6 Å². The average Bonchev–Trinajstić information content (AvgIpc) is 2.65. The fourth-order valence-electron chi connectivity index (χ4n) is 1.39. The Kier molecular flexibility index (Phi) is 2.18. The number of hydrogen-bond donors (Lipinski definition) is 1. The molecule has 0 atom stereocenters. The smallest absolute Gasteiger partial charge is 0.0903 e. The summed E-state index contributed by atoms with van der Waals surface area (Å²) < 4.78 is 1.89. The van der Waals surface area contributed by atoms with E-state index in [-0.39, 0.29) is 0 Å². The largest absolute Gasteiger partial charge is 0.399 e. The van der Waals surface area contributed by atoms with Gasteiger partial charge in [-0.1, -0.05) is 0 Å². The van der Waals surface area contributed by atoms with Crippen molar-refractivity contribution in [3.63, 3.8) is 0 Å². The molecule has 0 aliphatic carbocycles. The molecule has 0 aromatic carbocycles. The number of rotatable bonds is 2. The van der Waals surface area contributed by atoms with Gasteiger partial charge in [0.05, 0.1) is 11.4 Å². The minimum Gasteiger partial charge on any atom is -0.399 e. The van der Waals surface area contributed by atoms with Gasteiger partial charge >= 0.3 is 0 Å². The Labute approximate surface area is 82.4 Å². The molecule has 2 aromatic heterocycles. The lowest BCUT2D eigenvalue weighted by atomic mass is 10.2. The van der Waals surface area contributed by atoms with Gasteiger partial charge in [-0.05, 0) is 25.1 Å². The van der Waals surface area contributed by atoms with Crippen LogP contribution in [-0.2, 0) is 6.54 Å². The lowest BCUT2D eigenvalue weighted by Gasteiger charge is -2.03. The number of pyridine rings is 1. The zero-order chi connectivity index (χ0) is 9.97. The number of aromatic nitrogens is 3. The summed E-state index contributed by atoms with van der Waals surface area (Å²) in [5.74, 6) is 0. The van der Waals surface area contributed by atoms with Gasteiger partial charge in [-0.2, -0.15) is 5.10 Å². The Morgan fingerprint density at radius 1 is 1.36 bits per heavy atom. The summed E-state index contributed by atoms with van der Waals surface area (Å²) in [6.45, 7) is 2.88. The van der Waals surface area contributed by atoms with Crippen molar-refractivity contribution in [3.8, 4) is 11.4 Å². The van der Waals surface area contributed by atoms with E-state index in [1.807, 2.05) is 23.7 Å². The van der Waals surface area contributed by atoms with Gasteiger partial charge in [0.2, 0.25) is 0 Å². The third kappa shape index (κ3) is 1.46. The molecule has 0 bridgehead atoms. The summed E-state index contributed by atoms with van der Waals surface area (Å²) in [6.07, 6.45) is 3.47. The number of nitrogens with two attached hydrogens (primary N) is 1. The molecule has 0 fully saturated rings. The standard InChI is InChI=1S/C10H12N4/c1-2-14-10(4-6-13-14)9-7-8(11)3-5-12-9/h3-7H,2H2,1H3,(H2,11,12). The van der Waals surface area contributed by atoms with Crippen LogP contribution in [0.5, 0.6) is 0 Å². The molecule has 0 saturated heterocycles. The Morgan fingerprint density at radius 3 is 2.93 bits per heavy atom. The molecule has 0 amide bonds. The van der Waals surface area contributed by atoms with Gasteiger partial charge in [0.1, 0.15) is 0 Å². The highest BCUT2D eigenvalue weighted by Gasteiger charge is 2.04. The maximum Gasteiger partial charge on any atom is 0.0903 e. The van der Waals surface area contributed by atoms with E-state index in [9.17, 15) is 0 Å². The summed E-state index contributed by atoms with van der Waals surface area (Å²) in [7, 11) is 0. The van der Waals surface area contributed by atoms with Crippen LogP contribution >= 0.6 is 0 Å². The Hall–Kier alpha value is -1.84. The van der Waals surface area contributed by atoms with E-state index >= 15 is 0 Å². The van der Waals surface area contributed by atoms with E-state index in [1.165, 1.54) is 0 Å². The van der Waals surface area contributed by atoms with Crippen molar-refractivity contribution >= 4 is 5.69 Å². The van der Waals surface area contributed by atoms with Gasteiger partial charge in [-0.3, -0.25) is 9.67 Å². The molecule has 0 unspecified atom stereocenters. The van der Waals surface area contributed by atoms with E-state index in [1.54, 1.807) is 18.5 Å². The second-order valence-corrected chi connectivity index (χ2v) is 3.01. The van der Waals surface area contributed by atoms with Gasteiger partial charge in [0.25, 0.3) is 0 Å². The fraction of sp³-hybridized carbons (Fsp3) is 0.200. The third-order valence-electron chi connectivity index (χ3n) is 2.06. The monoisotopic (exact) mass is 188 g/mol. The molecule has 2 aromatic rings. The number of nitrogens with zero attached hydrogens (tertiary/aromatic N) is 3. The van der Waals surface area contributed by atoms with Gasteiger partial charge in [-0.25, -0.2) is 0 Å². The number of aryl methyl sites for hydroxylation is 1. The highest BCUT2D eigenvalue weighted by atomic mass is 15.3. The molecule has 0 spiro atoms. The fourth-order valence-corrected chi connectivity index (χ4v) is 1.39. The first-order valence-electron chi connectivity index (χ1n) is 4.55. The molecular weight excluding hydrogens is 176 g/mol. The number of anilines is 1. The van der Waals surface area contributed by atoms with Gasteiger partial charge in [0, 0.05) is 24.6 Å². The zero-order valence-electron chi connectivity index (χ0n) is 8.01. The van der Waals surface area contributed by atoms with E-state index in [4.69, 9.17) is 5.73 Å². The lowest BCUT2D eigenvalue weighted by molar-refractivity contribution is 0.665. The highest BCUT2D eigenvalue weighted by Crippen LogP contribution is 2.17. The molecule has 14 heavy (non-hydrogen) atoms. The second-order valence-electron chi connectivity index (χ2n) is 3.01. The molecule has 4 heteroatoms. The first-order chi connectivity index (χ1) is 6.81. The third-order valence-corrected chi connectivity index (χ3v) is 2.06. The predicted octanol–water partition coefficient (Wildman–Crippen LogP) is 1.55. The van der Waals surface area contributed by atoms with Gasteiger partial charge in [-0.15, -0.1) is 0 Å². The molecule has 2 heterocycles. The predicted molar refractivity (Wildman–Crippen MR) is 55.5 cm³/mol. The minimum atomic E-state index is 0.721. The maximum atomic E-state index is 5.69. The number of hydrogen-bond acceptors (Lipinski definition) is 3. The quantitative estimate of drug-likeness (QED) is 0.777. The van der Waals surface area contributed by atoms with E-state index in [0.29, 0.717) is 0 Å². The van der Waals surface area contributed by atoms with Crippen LogP contribution in [0.4, 0.5) is 5.69 Å². The lowest BCUT2D eigenvalue weighted by Crippen LogP contribution is -2.00. The van der Waals surface area contributed by atoms with Crippen LogP contribution < -0.4 is 5.73 Å². The molecule has 0 saturated carbocycles. The van der Waals surface area contributed by atoms with Crippen molar-refractivity contribution in [2.75, 3.05) is 5.73 Å². The molecule has 2 rings (SSSR count). The summed E-state index contributed by atoms with van der Waals surface area (Å²) in [5.41, 5.74) is 8.27. The Morgan fingerprint density at radius 2 is 2.21 bits per heavy atom. The van der Waals surface area contributed by atoms with Crippen molar-refractivity contribution in [1.82, 2.24) is 14.8 Å². The summed E-state index contributed by atoms with van der Waals surface area (Å²) in [5, 5.41) is 4.18. The topological polar surface area (TPSA) is 56.7 Å². The Balaban J connectivity index is 2.49. The average molecular weight is 188 g/mol. The van der Waals surface area contributed by atoms with Gasteiger partial charge < -0.3 is 5.73 Å². The molecule has 72 valence electrons. The van der Waals surface area contributed by atoms with Crippen molar-refractivity contribution in [1.29, 1.82) is 0 Å². The summed E-state index contributed by atoms with van der Waals surface area (Å²) >= 11 is 0. The van der Waals surface area contributed by atoms with E-state index in [0.717, 1.165) is 23.6 Å². The summed E-state index contributed by atoms with van der Waals surface area (Å²) in [6, 6.07) is 5.56. The van der Waals surface area contributed by atoms with Crippen LogP contribution in [0.2, 0.25) is 0 Å². The minimum absolute atomic E-state index is 0.721. The number of nitrogen functional groups attached to an aromatic ring is 1. The maximum absolute atomic E-state index is 5.69. The first-order valence-corrected chi connectivity index (χ1v) is 4.55. The molecule has 0 aliphatic heterocycles. The van der Waals surface area contributed by atoms with Crippen LogP contribution in [0.25, 0.3) is 11.4 Å². The second kappa shape index (κ2) is 3.49. The Bertz CT molecular complexity index is 433. The van der Waals surface area contributed by atoms with Crippen LogP contribution in [0, 0.1) is 0 Å². The summed E-state index contributed by atoms with van der Waals surface area (Å²) in [4.78, 5) is 4.25. The molecule has 2 N–H and O–H groups in total. The normalized spacial score (nSPS) is 10.4. The highest BCUT2D eigenvalue weighted by molar-refractivity contribution is 5.59. The molecule has 0 radical (unpaired) electrons. The van der Waals surface area contributed by atoms with Crippen LogP contribution in [0.1, 0.15) is 6.92 Å². The van der Waals surface area contributed by atoms with E-state index < -0.39 is 0 Å². The molecular formula is C10H12N4. The van der Waals surface area contributed by atoms with Crippen molar-refractivity contribution < 1.29 is 0 Å². The SMILES string of the molecule is CCn1nccc1-c1cc(N)ccn1. The van der Waals surface area contributed by atoms with E-state index in [2.05, 4.69) is 10.1 Å². The van der Waals surface area contributed by atoms with Crippen molar-refractivity contribution in [2.45, 2.75) is 13.5 Å². The van der Waals surface area contributed by atoms with Crippen molar-refractivity contribution in [2.24, 2.45) is 0 Å². The van der Waals surface area contributed by atoms with Crippen LogP contribution in [-0.4, -0.2) is 14.8 Å². The zero-order valence-corrected chi connectivity index (χ0v) is 8.01. The van der Waals surface area contributed by atoms with Crippen molar-refractivity contribution in [3.05, 3.63) is 30.6 Å². The van der Waals surface area contributed by atoms with Gasteiger partial charge in [0.15, 0.2) is 0 Å². The molecule has 4 nitrogen and oxygen atoms in total. The van der Waals surface area contributed by atoms with Crippen LogP contribution in [0.3, 0.4) is 0 Å².